The summed E-state index contributed by atoms with van der Waals surface area (Å²) < 4.78 is 5.40. The first-order valence-corrected chi connectivity index (χ1v) is 13.5. The highest BCUT2D eigenvalue weighted by Crippen LogP contribution is 2.38. The molecule has 1 aliphatic rings. The van der Waals surface area contributed by atoms with Gasteiger partial charge >= 0.3 is 5.97 Å². The summed E-state index contributed by atoms with van der Waals surface area (Å²) in [6, 6.07) is 16.8. The summed E-state index contributed by atoms with van der Waals surface area (Å²) in [5.74, 6) is -0.663. The number of esters is 1. The molecule has 0 bridgehead atoms. The molecule has 4 aromatic rings. The van der Waals surface area contributed by atoms with Crippen molar-refractivity contribution in [2.45, 2.75) is 45.4 Å². The topological polar surface area (TPSA) is 68.3 Å². The van der Waals surface area contributed by atoms with Gasteiger partial charge in [0.1, 0.15) is 5.00 Å². The molecule has 0 saturated heterocycles. The molecule has 0 radical (unpaired) electrons. The number of thiophene rings is 1. The van der Waals surface area contributed by atoms with Crippen LogP contribution in [0, 0.1) is 0 Å². The predicted molar refractivity (Wildman–Crippen MR) is 146 cm³/mol. The number of halogens is 1. The third kappa shape index (κ3) is 4.88. The fraction of sp³-hybridized carbons (Fsp3) is 0.276. The molecule has 36 heavy (non-hydrogen) atoms. The van der Waals surface area contributed by atoms with Crippen molar-refractivity contribution in [3.8, 4) is 11.3 Å². The van der Waals surface area contributed by atoms with E-state index in [1.54, 1.807) is 19.1 Å². The molecule has 1 aliphatic carbocycles. The number of fused-ring (bicyclic) bond motifs is 2. The summed E-state index contributed by atoms with van der Waals surface area (Å²) >= 11 is 7.95. The molecular weight excluding hydrogens is 492 g/mol. The second-order valence-corrected chi connectivity index (χ2v) is 10.4. The quantitative estimate of drug-likeness (QED) is 0.275. The van der Waals surface area contributed by atoms with E-state index < -0.39 is 0 Å². The Kier molecular flexibility index (Phi) is 7.35. The number of pyridine rings is 1. The number of para-hydroxylation sites is 1. The summed E-state index contributed by atoms with van der Waals surface area (Å²) in [6.45, 7) is 2.08. The minimum absolute atomic E-state index is 0.285. The third-order valence-electron chi connectivity index (χ3n) is 6.49. The summed E-state index contributed by atoms with van der Waals surface area (Å²) in [6.07, 6.45) is 6.18. The van der Waals surface area contributed by atoms with Gasteiger partial charge in [0.2, 0.25) is 0 Å². The Morgan fingerprint density at radius 3 is 2.58 bits per heavy atom. The van der Waals surface area contributed by atoms with Gasteiger partial charge in [0.05, 0.1) is 28.9 Å². The highest BCUT2D eigenvalue weighted by Gasteiger charge is 2.27. The highest BCUT2D eigenvalue weighted by molar-refractivity contribution is 7.17. The Hall–Kier alpha value is -3.22. The Morgan fingerprint density at radius 1 is 1.03 bits per heavy atom. The Morgan fingerprint density at radius 2 is 1.78 bits per heavy atom. The lowest BCUT2D eigenvalue weighted by atomic mass is 9.96. The van der Waals surface area contributed by atoms with Gasteiger partial charge in [-0.3, -0.25) is 4.79 Å². The maximum absolute atomic E-state index is 13.8. The minimum Gasteiger partial charge on any atom is -0.462 e. The molecule has 0 aliphatic heterocycles. The molecule has 0 spiro atoms. The number of rotatable bonds is 5. The molecule has 2 aromatic carbocycles. The van der Waals surface area contributed by atoms with Crippen LogP contribution in [0.3, 0.4) is 0 Å². The van der Waals surface area contributed by atoms with E-state index in [1.165, 1.54) is 22.6 Å². The summed E-state index contributed by atoms with van der Waals surface area (Å²) in [5.41, 5.74) is 4.09. The van der Waals surface area contributed by atoms with Gasteiger partial charge in [0.15, 0.2) is 0 Å². The van der Waals surface area contributed by atoms with Gasteiger partial charge in [0.25, 0.3) is 5.91 Å². The van der Waals surface area contributed by atoms with E-state index in [-0.39, 0.29) is 18.5 Å². The molecule has 5 rings (SSSR count). The molecule has 2 heterocycles. The van der Waals surface area contributed by atoms with Crippen LogP contribution in [0.25, 0.3) is 22.2 Å². The van der Waals surface area contributed by atoms with Crippen molar-refractivity contribution in [1.82, 2.24) is 4.98 Å². The van der Waals surface area contributed by atoms with Crippen molar-refractivity contribution in [3.63, 3.8) is 0 Å². The normalized spacial score (nSPS) is 13.5. The van der Waals surface area contributed by atoms with Gasteiger partial charge in [-0.2, -0.15) is 0 Å². The number of nitrogens with one attached hydrogen (secondary N) is 1. The molecule has 0 atom stereocenters. The number of hydrogen-bond donors (Lipinski definition) is 1. The number of hydrogen-bond acceptors (Lipinski definition) is 5. The van der Waals surface area contributed by atoms with Crippen molar-refractivity contribution in [3.05, 3.63) is 81.2 Å². The number of aromatic nitrogens is 1. The van der Waals surface area contributed by atoms with Crippen LogP contribution < -0.4 is 5.32 Å². The van der Waals surface area contributed by atoms with E-state index in [9.17, 15) is 9.59 Å². The zero-order valence-electron chi connectivity index (χ0n) is 20.1. The second-order valence-electron chi connectivity index (χ2n) is 8.85. The summed E-state index contributed by atoms with van der Waals surface area (Å²) in [7, 11) is 0. The molecule has 0 fully saturated rings. The first-order chi connectivity index (χ1) is 17.6. The Labute approximate surface area is 219 Å². The first-order valence-electron chi connectivity index (χ1n) is 12.3. The standard InChI is InChI=1S/C29H27ClN2O3S/c1-2-35-29(34)26-20-13-5-3-4-6-16-25(20)36-28(26)32-27(33)21-17-24(19-12-7-9-14-22(19)30)31-23-15-10-8-11-18(21)23/h7-12,14-15,17H,2-6,13,16H2,1H3,(H,32,33). The lowest BCUT2D eigenvalue weighted by Crippen LogP contribution is -2.16. The lowest BCUT2D eigenvalue weighted by Gasteiger charge is -2.13. The van der Waals surface area contributed by atoms with E-state index in [4.69, 9.17) is 21.3 Å². The zero-order chi connectivity index (χ0) is 25.1. The average molecular weight is 519 g/mol. The van der Waals surface area contributed by atoms with Gasteiger partial charge in [0, 0.05) is 20.8 Å². The van der Waals surface area contributed by atoms with Gasteiger partial charge in [-0.25, -0.2) is 9.78 Å². The lowest BCUT2D eigenvalue weighted by molar-refractivity contribution is 0.0526. The fourth-order valence-electron chi connectivity index (χ4n) is 4.77. The minimum atomic E-state index is -0.373. The fourth-order valence-corrected chi connectivity index (χ4v) is 6.27. The third-order valence-corrected chi connectivity index (χ3v) is 8.03. The Bertz CT molecular complexity index is 1450. The van der Waals surface area contributed by atoms with Crippen molar-refractivity contribution in [1.29, 1.82) is 0 Å². The van der Waals surface area contributed by atoms with Crippen molar-refractivity contribution in [2.24, 2.45) is 0 Å². The molecule has 0 unspecified atom stereocenters. The number of carbonyl (C=O) groups is 2. The van der Waals surface area contributed by atoms with E-state index in [0.717, 1.165) is 48.6 Å². The molecule has 2 aromatic heterocycles. The van der Waals surface area contributed by atoms with Crippen LogP contribution in [0.1, 0.15) is 63.8 Å². The van der Waals surface area contributed by atoms with Crippen molar-refractivity contribution in [2.75, 3.05) is 11.9 Å². The van der Waals surface area contributed by atoms with Crippen LogP contribution in [0.15, 0.2) is 54.6 Å². The van der Waals surface area contributed by atoms with Crippen LogP contribution in [0.5, 0.6) is 0 Å². The molecule has 1 amide bonds. The van der Waals surface area contributed by atoms with Gasteiger partial charge in [-0.1, -0.05) is 60.8 Å². The largest absolute Gasteiger partial charge is 0.462 e. The highest BCUT2D eigenvalue weighted by atomic mass is 35.5. The summed E-state index contributed by atoms with van der Waals surface area (Å²) in [5, 5.41) is 4.93. The monoisotopic (exact) mass is 518 g/mol. The smallest absolute Gasteiger partial charge is 0.341 e. The number of benzene rings is 2. The van der Waals surface area contributed by atoms with Gasteiger partial charge in [-0.05, 0) is 56.4 Å². The predicted octanol–water partition coefficient (Wildman–Crippen LogP) is 7.70. The number of amides is 1. The van der Waals surface area contributed by atoms with E-state index in [0.29, 0.717) is 32.4 Å². The molecular formula is C29H27ClN2O3S. The molecule has 184 valence electrons. The van der Waals surface area contributed by atoms with Crippen LogP contribution in [-0.2, 0) is 17.6 Å². The number of aryl methyl sites for hydroxylation is 1. The number of anilines is 1. The number of ether oxygens (including phenoxy) is 1. The Balaban J connectivity index is 1.59. The van der Waals surface area contributed by atoms with Crippen LogP contribution in [0.2, 0.25) is 5.02 Å². The summed E-state index contributed by atoms with van der Waals surface area (Å²) in [4.78, 5) is 32.7. The van der Waals surface area contributed by atoms with E-state index in [1.807, 2.05) is 42.5 Å². The van der Waals surface area contributed by atoms with Gasteiger partial charge < -0.3 is 10.1 Å². The van der Waals surface area contributed by atoms with Gasteiger partial charge in [-0.15, -0.1) is 11.3 Å². The SMILES string of the molecule is CCOC(=O)c1c(NC(=O)c2cc(-c3ccccc3Cl)nc3ccccc23)sc2c1CCCCCC2. The zero-order valence-corrected chi connectivity index (χ0v) is 21.7. The molecule has 1 N–H and O–H groups in total. The number of carbonyl (C=O) groups excluding carboxylic acids is 2. The van der Waals surface area contributed by atoms with Crippen LogP contribution in [0.4, 0.5) is 5.00 Å². The van der Waals surface area contributed by atoms with Crippen LogP contribution >= 0.6 is 22.9 Å². The van der Waals surface area contributed by atoms with E-state index >= 15 is 0 Å². The average Bonchev–Trinajstić information content (AvgIpc) is 3.19. The van der Waals surface area contributed by atoms with Crippen molar-refractivity contribution < 1.29 is 14.3 Å². The second kappa shape index (κ2) is 10.8. The van der Waals surface area contributed by atoms with Crippen LogP contribution in [-0.4, -0.2) is 23.5 Å². The first kappa shape index (κ1) is 24.5. The molecule has 7 heteroatoms. The molecule has 5 nitrogen and oxygen atoms in total. The molecule has 0 saturated carbocycles. The maximum atomic E-state index is 13.8. The maximum Gasteiger partial charge on any atom is 0.341 e. The number of nitrogens with zero attached hydrogens (tertiary/aromatic N) is 1. The van der Waals surface area contributed by atoms with Crippen molar-refractivity contribution >= 4 is 50.7 Å². The van der Waals surface area contributed by atoms with E-state index in [2.05, 4.69) is 5.32 Å².